The molecule has 4 aromatic rings. The average Bonchev–Trinajstić information content (AvgIpc) is 3.29. The predicted octanol–water partition coefficient (Wildman–Crippen LogP) is 6.51. The third-order valence-corrected chi connectivity index (χ3v) is 6.78. The molecule has 5 rings (SSSR count). The Bertz CT molecular complexity index is 1370. The van der Waals surface area contributed by atoms with Gasteiger partial charge in [-0.1, -0.05) is 60.0 Å². The van der Waals surface area contributed by atoms with Crippen molar-refractivity contribution in [2.45, 2.75) is 25.9 Å². The van der Waals surface area contributed by atoms with Crippen LogP contribution in [0.1, 0.15) is 35.3 Å². The molecule has 1 saturated heterocycles. The lowest BCUT2D eigenvalue weighted by Crippen LogP contribution is -2.45. The molecule has 2 aromatic heterocycles. The van der Waals surface area contributed by atoms with E-state index in [0.717, 1.165) is 43.5 Å². The van der Waals surface area contributed by atoms with Crippen LogP contribution in [0.2, 0.25) is 10.0 Å². The Hall–Kier alpha value is -3.26. The molecule has 1 N–H and O–H groups in total. The fraction of sp³-hybridized carbons (Fsp3) is 0.222. The fourth-order valence-corrected chi connectivity index (χ4v) is 4.93. The van der Waals surface area contributed by atoms with Crippen molar-refractivity contribution in [1.82, 2.24) is 25.2 Å². The normalized spacial score (nSPS) is 14.1. The van der Waals surface area contributed by atoms with Crippen LogP contribution in [-0.4, -0.2) is 38.8 Å². The number of hydrogen-bond acceptors (Lipinski definition) is 4. The largest absolute Gasteiger partial charge is 0.286 e. The molecule has 0 unspecified atom stereocenters. The van der Waals surface area contributed by atoms with E-state index in [1.807, 2.05) is 41.4 Å². The Kier molecular flexibility index (Phi) is 7.32. The maximum atomic E-state index is 14.6. The molecule has 1 aliphatic rings. The van der Waals surface area contributed by atoms with Gasteiger partial charge in [-0.3, -0.25) is 15.2 Å². The minimum atomic E-state index is -0.867. The molecule has 0 saturated carbocycles. The monoisotopic (exact) mass is 523 g/mol. The molecule has 0 aliphatic carbocycles. The van der Waals surface area contributed by atoms with Crippen molar-refractivity contribution in [2.75, 3.05) is 13.1 Å². The summed E-state index contributed by atoms with van der Waals surface area (Å²) in [4.78, 5) is 17.4. The van der Waals surface area contributed by atoms with Crippen LogP contribution < -0.4 is 5.43 Å². The molecular weight excluding hydrogens is 500 g/mol. The summed E-state index contributed by atoms with van der Waals surface area (Å²) in [6.45, 7) is 0.639. The van der Waals surface area contributed by atoms with E-state index < -0.39 is 12.6 Å². The molecule has 0 atom stereocenters. The number of carbonyl (C=O) groups excluding carboxylic acids is 1. The smallest absolute Gasteiger partial charge is 0.283 e. The summed E-state index contributed by atoms with van der Waals surface area (Å²) in [5, 5.41) is 7.23. The SMILES string of the molecule is O=C(NN1CCCCC1)c1nn(-c2ccc(Cl)cc2Cl)c(-c2ccc(-c3cccnc3)cc2)c1CF. The Morgan fingerprint density at radius 1 is 0.972 bits per heavy atom. The van der Waals surface area contributed by atoms with Crippen LogP contribution in [0.5, 0.6) is 0 Å². The van der Waals surface area contributed by atoms with E-state index in [4.69, 9.17) is 23.2 Å². The molecule has 36 heavy (non-hydrogen) atoms. The van der Waals surface area contributed by atoms with Crippen LogP contribution in [0.15, 0.2) is 67.0 Å². The van der Waals surface area contributed by atoms with Crippen LogP contribution in [0.25, 0.3) is 28.1 Å². The number of benzene rings is 2. The quantitative estimate of drug-likeness (QED) is 0.313. The molecule has 184 valence electrons. The highest BCUT2D eigenvalue weighted by Gasteiger charge is 2.27. The van der Waals surface area contributed by atoms with Crippen LogP contribution >= 0.6 is 23.2 Å². The summed E-state index contributed by atoms with van der Waals surface area (Å²) in [6, 6.07) is 16.5. The van der Waals surface area contributed by atoms with Crippen molar-refractivity contribution >= 4 is 29.1 Å². The van der Waals surface area contributed by atoms with E-state index in [0.29, 0.717) is 27.0 Å². The second-order valence-corrected chi connectivity index (χ2v) is 9.47. The van der Waals surface area contributed by atoms with Gasteiger partial charge in [0.2, 0.25) is 0 Å². The Morgan fingerprint density at radius 3 is 2.39 bits per heavy atom. The molecule has 0 bridgehead atoms. The van der Waals surface area contributed by atoms with Crippen LogP contribution in [0.4, 0.5) is 4.39 Å². The lowest BCUT2D eigenvalue weighted by Gasteiger charge is -2.26. The van der Waals surface area contributed by atoms with Gasteiger partial charge < -0.3 is 0 Å². The zero-order chi connectivity index (χ0) is 25.1. The zero-order valence-electron chi connectivity index (χ0n) is 19.4. The van der Waals surface area contributed by atoms with Crippen LogP contribution in [-0.2, 0) is 6.67 Å². The van der Waals surface area contributed by atoms with Gasteiger partial charge >= 0.3 is 0 Å². The molecule has 0 radical (unpaired) electrons. The van der Waals surface area contributed by atoms with Gasteiger partial charge in [0.25, 0.3) is 5.91 Å². The number of carbonyl (C=O) groups is 1. The lowest BCUT2D eigenvalue weighted by atomic mass is 10.0. The average molecular weight is 524 g/mol. The van der Waals surface area contributed by atoms with Gasteiger partial charge in [0.1, 0.15) is 6.67 Å². The number of piperidine rings is 1. The van der Waals surface area contributed by atoms with Gasteiger partial charge in [0.05, 0.1) is 16.4 Å². The molecule has 2 aromatic carbocycles. The van der Waals surface area contributed by atoms with Crippen molar-refractivity contribution in [3.63, 3.8) is 0 Å². The summed E-state index contributed by atoms with van der Waals surface area (Å²) in [5.74, 6) is -0.443. The summed E-state index contributed by atoms with van der Waals surface area (Å²) in [6.07, 6.45) is 6.63. The molecule has 1 aliphatic heterocycles. The van der Waals surface area contributed by atoms with Gasteiger partial charge in [0, 0.05) is 41.6 Å². The first-order valence-corrected chi connectivity index (χ1v) is 12.5. The molecular formula is C27H24Cl2FN5O. The number of amides is 1. The molecule has 3 heterocycles. The van der Waals surface area contributed by atoms with E-state index in [1.165, 1.54) is 4.68 Å². The Balaban J connectivity index is 1.61. The van der Waals surface area contributed by atoms with Crippen LogP contribution in [0, 0.1) is 0 Å². The predicted molar refractivity (Wildman–Crippen MR) is 140 cm³/mol. The van der Waals surface area contributed by atoms with Gasteiger partial charge in [0.15, 0.2) is 5.69 Å². The number of hydrazine groups is 1. The number of rotatable bonds is 6. The van der Waals surface area contributed by atoms with Gasteiger partial charge in [-0.2, -0.15) is 5.10 Å². The summed E-state index contributed by atoms with van der Waals surface area (Å²) < 4.78 is 16.1. The van der Waals surface area contributed by atoms with Crippen molar-refractivity contribution in [3.05, 3.63) is 88.3 Å². The highest BCUT2D eigenvalue weighted by molar-refractivity contribution is 6.35. The standard InChI is InChI=1S/C27H24Cl2FN5O/c28-21-10-11-24(23(29)15-21)35-26(19-8-6-18(7-9-19)20-5-4-12-31-17-20)22(16-30)25(32-35)27(36)33-34-13-2-1-3-14-34/h4-12,15,17H,1-3,13-14,16H2,(H,33,36). The third kappa shape index (κ3) is 5.00. The maximum Gasteiger partial charge on any atom is 0.286 e. The second-order valence-electron chi connectivity index (χ2n) is 8.62. The van der Waals surface area contributed by atoms with E-state index in [2.05, 4.69) is 15.5 Å². The Labute approximate surface area is 218 Å². The zero-order valence-corrected chi connectivity index (χ0v) is 20.9. The highest BCUT2D eigenvalue weighted by Crippen LogP contribution is 2.34. The van der Waals surface area contributed by atoms with E-state index >= 15 is 0 Å². The fourth-order valence-electron chi connectivity index (χ4n) is 4.44. The van der Waals surface area contributed by atoms with Crippen molar-refractivity contribution in [3.8, 4) is 28.1 Å². The number of halogens is 3. The summed E-state index contributed by atoms with van der Waals surface area (Å²) >= 11 is 12.6. The van der Waals surface area contributed by atoms with Crippen molar-refractivity contribution < 1.29 is 9.18 Å². The first-order valence-electron chi connectivity index (χ1n) is 11.7. The minimum Gasteiger partial charge on any atom is -0.283 e. The maximum absolute atomic E-state index is 14.6. The summed E-state index contributed by atoms with van der Waals surface area (Å²) in [7, 11) is 0. The topological polar surface area (TPSA) is 63.1 Å². The number of aromatic nitrogens is 3. The molecule has 1 amide bonds. The number of alkyl halides is 1. The van der Waals surface area contributed by atoms with Crippen LogP contribution in [0.3, 0.4) is 0 Å². The number of pyridine rings is 1. The Morgan fingerprint density at radius 2 is 1.72 bits per heavy atom. The molecule has 6 nitrogen and oxygen atoms in total. The number of nitrogens with one attached hydrogen (secondary N) is 1. The summed E-state index contributed by atoms with van der Waals surface area (Å²) in [5.41, 5.74) is 6.71. The van der Waals surface area contributed by atoms with Gasteiger partial charge in [-0.25, -0.2) is 14.1 Å². The van der Waals surface area contributed by atoms with E-state index in [1.54, 1.807) is 30.6 Å². The number of nitrogens with zero attached hydrogens (tertiary/aromatic N) is 4. The molecule has 9 heteroatoms. The van der Waals surface area contributed by atoms with E-state index in [-0.39, 0.29) is 11.3 Å². The first-order chi connectivity index (χ1) is 17.5. The molecule has 1 fully saturated rings. The van der Waals surface area contributed by atoms with Gasteiger partial charge in [-0.05, 0) is 48.2 Å². The number of hydrogen-bond donors (Lipinski definition) is 1. The third-order valence-electron chi connectivity index (χ3n) is 6.24. The van der Waals surface area contributed by atoms with Gasteiger partial charge in [-0.15, -0.1) is 0 Å². The van der Waals surface area contributed by atoms with E-state index in [9.17, 15) is 9.18 Å². The first kappa shape index (κ1) is 24.4. The van der Waals surface area contributed by atoms with Crippen molar-refractivity contribution in [2.24, 2.45) is 0 Å². The minimum absolute atomic E-state index is 0.0282. The van der Waals surface area contributed by atoms with Crippen molar-refractivity contribution in [1.29, 1.82) is 0 Å². The molecule has 0 spiro atoms. The lowest BCUT2D eigenvalue weighted by molar-refractivity contribution is 0.0742. The second kappa shape index (κ2) is 10.8. The highest BCUT2D eigenvalue weighted by atomic mass is 35.5.